The number of para-hydroxylation sites is 1. The minimum absolute atomic E-state index is 0.525. The van der Waals surface area contributed by atoms with Crippen LogP contribution in [0.2, 0.25) is 0 Å². The van der Waals surface area contributed by atoms with E-state index in [1.165, 1.54) is 10.1 Å². The molecule has 0 aliphatic heterocycles. The maximum Gasteiger partial charge on any atom is 0.144 e. The topological polar surface area (TPSA) is 26.0 Å². The van der Waals surface area contributed by atoms with Gasteiger partial charge in [0.1, 0.15) is 11.2 Å². The van der Waals surface area contributed by atoms with Crippen LogP contribution in [0.4, 0.5) is 0 Å². The van der Waals surface area contributed by atoms with E-state index < -0.39 is 11.8 Å². The van der Waals surface area contributed by atoms with Crippen molar-refractivity contribution in [1.82, 2.24) is 4.98 Å². The van der Waals surface area contributed by atoms with E-state index in [1.807, 2.05) is 39.0 Å². The third-order valence-corrected chi connectivity index (χ3v) is 5.51. The Labute approximate surface area is 165 Å². The second-order valence-corrected chi connectivity index (χ2v) is 8.84. The second kappa shape index (κ2) is 5.93. The lowest BCUT2D eigenvalue weighted by Crippen LogP contribution is -2.09. The smallest absolute Gasteiger partial charge is 0.144 e. The lowest BCUT2D eigenvalue weighted by Gasteiger charge is -2.18. The summed E-state index contributed by atoms with van der Waals surface area (Å²) in [7, 11) is 0. The standard InChI is InChI=1S/C24H21NOS/c1-24(2,3)14-15-7-9-25-20(11-15)18-6-4-5-17-19-12-16-8-10-27-22(16)13-21(19)26-23(17)18/h4-13H,14H2,1-3H3/i14D2. The Balaban J connectivity index is 1.73. The molecule has 0 bridgehead atoms. The van der Waals surface area contributed by atoms with Crippen LogP contribution in [0.25, 0.3) is 43.3 Å². The minimum Gasteiger partial charge on any atom is -0.455 e. The first-order valence-electron chi connectivity index (χ1n) is 10.0. The van der Waals surface area contributed by atoms with Gasteiger partial charge >= 0.3 is 0 Å². The summed E-state index contributed by atoms with van der Waals surface area (Å²) in [6.45, 7) is 5.75. The fourth-order valence-electron chi connectivity index (χ4n) is 3.55. The normalized spacial score (nSPS) is 14.0. The Hall–Kier alpha value is -2.65. The van der Waals surface area contributed by atoms with Crippen molar-refractivity contribution in [2.24, 2.45) is 5.41 Å². The molecule has 134 valence electrons. The number of benzene rings is 2. The number of pyridine rings is 1. The number of aromatic nitrogens is 1. The number of nitrogens with zero attached hydrogens (tertiary/aromatic N) is 1. The van der Waals surface area contributed by atoms with Crippen molar-refractivity contribution in [3.63, 3.8) is 0 Å². The summed E-state index contributed by atoms with van der Waals surface area (Å²) in [5, 5.41) is 5.45. The SMILES string of the molecule is [2H]C([2H])(c1ccnc(-c2cccc3c2oc2cc4sccc4cc23)c1)C(C)(C)C. The average molecular weight is 374 g/mol. The average Bonchev–Trinajstić information content (AvgIpc) is 3.28. The Morgan fingerprint density at radius 2 is 1.96 bits per heavy atom. The van der Waals surface area contributed by atoms with Gasteiger partial charge in [-0.25, -0.2) is 0 Å². The van der Waals surface area contributed by atoms with Crippen LogP contribution in [0.5, 0.6) is 0 Å². The van der Waals surface area contributed by atoms with E-state index in [0.717, 1.165) is 33.2 Å². The lowest BCUT2D eigenvalue weighted by molar-refractivity contribution is 0.411. The van der Waals surface area contributed by atoms with E-state index in [-0.39, 0.29) is 0 Å². The first kappa shape index (κ1) is 14.4. The van der Waals surface area contributed by atoms with Crippen LogP contribution in [-0.2, 0) is 6.37 Å². The van der Waals surface area contributed by atoms with Crippen molar-refractivity contribution in [3.8, 4) is 11.3 Å². The molecule has 0 saturated heterocycles. The van der Waals surface area contributed by atoms with Crippen molar-refractivity contribution in [2.75, 3.05) is 0 Å². The second-order valence-electron chi connectivity index (χ2n) is 7.90. The number of hydrogen-bond donors (Lipinski definition) is 0. The zero-order chi connectivity index (χ0) is 20.4. The molecule has 3 aromatic heterocycles. The van der Waals surface area contributed by atoms with Crippen LogP contribution in [-0.4, -0.2) is 4.98 Å². The quantitative estimate of drug-likeness (QED) is 0.321. The molecule has 2 nitrogen and oxygen atoms in total. The van der Waals surface area contributed by atoms with E-state index in [0.29, 0.717) is 5.56 Å². The highest BCUT2D eigenvalue weighted by molar-refractivity contribution is 7.17. The zero-order valence-corrected chi connectivity index (χ0v) is 16.4. The largest absolute Gasteiger partial charge is 0.455 e. The Morgan fingerprint density at radius 1 is 1.07 bits per heavy atom. The predicted octanol–water partition coefficient (Wildman–Crippen LogP) is 7.45. The molecule has 5 aromatic rings. The van der Waals surface area contributed by atoms with Crippen molar-refractivity contribution in [2.45, 2.75) is 27.1 Å². The highest BCUT2D eigenvalue weighted by Gasteiger charge is 2.16. The molecule has 0 N–H and O–H groups in total. The highest BCUT2D eigenvalue weighted by Crippen LogP contribution is 2.38. The Morgan fingerprint density at radius 3 is 2.81 bits per heavy atom. The molecule has 0 aliphatic carbocycles. The first-order chi connectivity index (χ1) is 13.8. The molecule has 0 unspecified atom stereocenters. The number of hydrogen-bond acceptors (Lipinski definition) is 3. The molecule has 0 amide bonds. The van der Waals surface area contributed by atoms with E-state index in [4.69, 9.17) is 7.16 Å². The summed E-state index contributed by atoms with van der Waals surface area (Å²) in [6, 6.07) is 16.1. The molecule has 3 heteroatoms. The fraction of sp³-hybridized carbons (Fsp3) is 0.208. The van der Waals surface area contributed by atoms with Crippen LogP contribution in [0, 0.1) is 5.41 Å². The van der Waals surface area contributed by atoms with Crippen molar-refractivity contribution in [3.05, 3.63) is 65.7 Å². The van der Waals surface area contributed by atoms with Crippen LogP contribution >= 0.6 is 11.3 Å². The minimum atomic E-state index is -1.48. The molecule has 2 aromatic carbocycles. The van der Waals surface area contributed by atoms with E-state index in [1.54, 1.807) is 23.6 Å². The third-order valence-electron chi connectivity index (χ3n) is 4.63. The van der Waals surface area contributed by atoms with Crippen molar-refractivity contribution < 1.29 is 7.16 Å². The third kappa shape index (κ3) is 2.92. The van der Waals surface area contributed by atoms with Crippen LogP contribution in [0.15, 0.2) is 64.5 Å². The molecule has 0 atom stereocenters. The monoisotopic (exact) mass is 373 g/mol. The van der Waals surface area contributed by atoms with Gasteiger partial charge in [0.05, 0.1) is 5.69 Å². The van der Waals surface area contributed by atoms with Gasteiger partial charge in [-0.3, -0.25) is 4.98 Å². The fourth-order valence-corrected chi connectivity index (χ4v) is 4.34. The molecule has 0 aliphatic rings. The van der Waals surface area contributed by atoms with Gasteiger partial charge in [-0.1, -0.05) is 32.9 Å². The van der Waals surface area contributed by atoms with Gasteiger partial charge in [0.15, 0.2) is 0 Å². The Bertz CT molecular complexity index is 1370. The molecule has 5 rings (SSSR count). The molecule has 0 spiro atoms. The number of fused-ring (bicyclic) bond motifs is 4. The zero-order valence-electron chi connectivity index (χ0n) is 17.5. The Kier molecular flexibility index (Phi) is 3.17. The van der Waals surface area contributed by atoms with Gasteiger partial charge in [-0.05, 0) is 64.5 Å². The molecule has 0 fully saturated rings. The van der Waals surface area contributed by atoms with Gasteiger partial charge in [-0.2, -0.15) is 0 Å². The summed E-state index contributed by atoms with van der Waals surface area (Å²) in [6.07, 6.45) is 0.211. The lowest BCUT2D eigenvalue weighted by atomic mass is 9.88. The van der Waals surface area contributed by atoms with E-state index in [9.17, 15) is 0 Å². The summed E-state index contributed by atoms with van der Waals surface area (Å²) in [5.74, 6) is 0. The maximum atomic E-state index is 8.61. The number of rotatable bonds is 2. The summed E-state index contributed by atoms with van der Waals surface area (Å²) in [4.78, 5) is 4.55. The van der Waals surface area contributed by atoms with Gasteiger partial charge in [0.2, 0.25) is 0 Å². The summed E-state index contributed by atoms with van der Waals surface area (Å²) < 4.78 is 24.7. The number of furan rings is 1. The predicted molar refractivity (Wildman–Crippen MR) is 115 cm³/mol. The maximum absolute atomic E-state index is 8.61. The van der Waals surface area contributed by atoms with Gasteiger partial charge in [0, 0.05) is 30.0 Å². The highest BCUT2D eigenvalue weighted by atomic mass is 32.1. The summed E-state index contributed by atoms with van der Waals surface area (Å²) >= 11 is 1.71. The van der Waals surface area contributed by atoms with Gasteiger partial charge in [0.25, 0.3) is 0 Å². The number of thiophene rings is 1. The summed E-state index contributed by atoms with van der Waals surface area (Å²) in [5.41, 5.74) is 3.37. The van der Waals surface area contributed by atoms with Crippen molar-refractivity contribution in [1.29, 1.82) is 0 Å². The molecule has 27 heavy (non-hydrogen) atoms. The van der Waals surface area contributed by atoms with E-state index in [2.05, 4.69) is 34.6 Å². The van der Waals surface area contributed by atoms with Crippen LogP contribution in [0.1, 0.15) is 29.1 Å². The van der Waals surface area contributed by atoms with Gasteiger partial charge in [-0.15, -0.1) is 11.3 Å². The van der Waals surface area contributed by atoms with E-state index >= 15 is 0 Å². The van der Waals surface area contributed by atoms with Crippen LogP contribution < -0.4 is 0 Å². The molecular weight excluding hydrogens is 350 g/mol. The molecule has 0 saturated carbocycles. The molecule has 0 radical (unpaired) electrons. The molecule has 3 heterocycles. The first-order valence-corrected chi connectivity index (χ1v) is 9.93. The van der Waals surface area contributed by atoms with Crippen LogP contribution in [0.3, 0.4) is 0 Å². The van der Waals surface area contributed by atoms with Crippen molar-refractivity contribution >= 4 is 43.4 Å². The van der Waals surface area contributed by atoms with Gasteiger partial charge < -0.3 is 4.42 Å². The molecular formula is C24H21NOS.